The predicted molar refractivity (Wildman–Crippen MR) is 143 cm³/mol. The zero-order valence-corrected chi connectivity index (χ0v) is 21.6. The summed E-state index contributed by atoms with van der Waals surface area (Å²) in [6.45, 7) is 3.44. The number of primary amides is 1. The largest absolute Gasteiger partial charge is 0.493 e. The van der Waals surface area contributed by atoms with Gasteiger partial charge in [-0.2, -0.15) is 5.10 Å². The summed E-state index contributed by atoms with van der Waals surface area (Å²) in [4.78, 5) is 17.6. The van der Waals surface area contributed by atoms with Crippen molar-refractivity contribution in [1.29, 1.82) is 0 Å². The molecule has 11 nitrogen and oxygen atoms in total. The van der Waals surface area contributed by atoms with E-state index in [2.05, 4.69) is 25.8 Å². The Balaban J connectivity index is 1.67. The number of anilines is 2. The van der Waals surface area contributed by atoms with Gasteiger partial charge in [-0.25, -0.2) is 13.8 Å². The Labute approximate surface area is 224 Å². The number of carbonyl (C=O) groups is 1. The summed E-state index contributed by atoms with van der Waals surface area (Å²) in [5.41, 5.74) is 7.23. The minimum atomic E-state index is -0.733. The standard InChI is InChI=1S/C26H31F2N7O4/c1-15(36)13-30-4-3-5-39-23-12-21-20(11-22(23)38-2)26(32-25-10-18(33-34-25)9-24(29)37)35(14-31-21)19-7-16(27)6-17(28)8-19/h6-8,10-12,15,30-31,36H,3-5,9,13-14H2,1-2H3,(H2,29,37)(H,33,34)/t15-/m0/s1. The summed E-state index contributed by atoms with van der Waals surface area (Å²) in [6, 6.07) is 8.27. The van der Waals surface area contributed by atoms with Gasteiger partial charge in [-0.15, -0.1) is 0 Å². The van der Waals surface area contributed by atoms with Crippen molar-refractivity contribution in [3.63, 3.8) is 0 Å². The topological polar surface area (TPSA) is 150 Å². The van der Waals surface area contributed by atoms with E-state index in [0.717, 1.165) is 6.07 Å². The van der Waals surface area contributed by atoms with E-state index in [1.165, 1.54) is 19.2 Å². The molecule has 13 heteroatoms. The molecule has 0 radical (unpaired) electrons. The number of amides is 1. The lowest BCUT2D eigenvalue weighted by molar-refractivity contribution is -0.117. The van der Waals surface area contributed by atoms with Crippen LogP contribution in [0.4, 0.5) is 26.0 Å². The number of fused-ring (bicyclic) bond motifs is 1. The number of nitrogens with two attached hydrogens (primary N) is 1. The smallest absolute Gasteiger partial charge is 0.223 e. The Morgan fingerprint density at radius 1 is 1.23 bits per heavy atom. The average molecular weight is 544 g/mol. The Bertz CT molecular complexity index is 1330. The molecule has 39 heavy (non-hydrogen) atoms. The molecular weight excluding hydrogens is 512 g/mol. The lowest BCUT2D eigenvalue weighted by Gasteiger charge is -2.33. The summed E-state index contributed by atoms with van der Waals surface area (Å²) < 4.78 is 39.8. The number of benzene rings is 2. The molecule has 2 heterocycles. The number of ether oxygens (including phenoxy) is 2. The first-order valence-electron chi connectivity index (χ1n) is 12.4. The number of H-pyrrole nitrogens is 1. The molecule has 0 bridgehead atoms. The Morgan fingerprint density at radius 2 is 2.00 bits per heavy atom. The van der Waals surface area contributed by atoms with Crippen LogP contribution in [0.15, 0.2) is 41.4 Å². The van der Waals surface area contributed by atoms with E-state index in [9.17, 15) is 18.7 Å². The molecule has 1 atom stereocenters. The van der Waals surface area contributed by atoms with Gasteiger partial charge in [0, 0.05) is 36.0 Å². The molecule has 6 N–H and O–H groups in total. The monoisotopic (exact) mass is 543 g/mol. The quantitative estimate of drug-likeness (QED) is 0.219. The molecule has 0 saturated heterocycles. The lowest BCUT2D eigenvalue weighted by atomic mass is 10.1. The third kappa shape index (κ3) is 7.21. The summed E-state index contributed by atoms with van der Waals surface area (Å²) in [5.74, 6) is -0.460. The zero-order chi connectivity index (χ0) is 27.9. The highest BCUT2D eigenvalue weighted by atomic mass is 19.1. The van der Waals surface area contributed by atoms with Crippen molar-refractivity contribution in [2.24, 2.45) is 10.7 Å². The van der Waals surface area contributed by atoms with Crippen LogP contribution in [-0.4, -0.2) is 66.6 Å². The number of aliphatic imine (C=N–C) groups is 1. The Morgan fingerprint density at radius 3 is 2.69 bits per heavy atom. The van der Waals surface area contributed by atoms with E-state index in [4.69, 9.17) is 15.2 Å². The van der Waals surface area contributed by atoms with Gasteiger partial charge in [-0.1, -0.05) is 0 Å². The maximum atomic E-state index is 14.1. The van der Waals surface area contributed by atoms with Crippen molar-refractivity contribution in [3.8, 4) is 11.5 Å². The van der Waals surface area contributed by atoms with Gasteiger partial charge in [0.1, 0.15) is 17.5 Å². The van der Waals surface area contributed by atoms with E-state index in [1.807, 2.05) is 0 Å². The number of aliphatic hydroxyl groups is 1. The number of amidine groups is 1. The first-order chi connectivity index (χ1) is 18.7. The fraction of sp³-hybridized carbons (Fsp3) is 0.346. The van der Waals surface area contributed by atoms with Crippen molar-refractivity contribution in [2.45, 2.75) is 25.9 Å². The number of aromatic nitrogens is 2. The van der Waals surface area contributed by atoms with E-state index in [0.29, 0.717) is 60.4 Å². The fourth-order valence-electron chi connectivity index (χ4n) is 4.06. The number of nitrogens with one attached hydrogen (secondary N) is 3. The van der Waals surface area contributed by atoms with Crippen LogP contribution >= 0.6 is 0 Å². The Kier molecular flexibility index (Phi) is 8.94. The number of aliphatic hydroxyl groups excluding tert-OH is 1. The molecular formula is C26H31F2N7O4. The molecule has 0 saturated carbocycles. The maximum absolute atomic E-state index is 14.1. The average Bonchev–Trinajstić information content (AvgIpc) is 3.31. The van der Waals surface area contributed by atoms with Crippen LogP contribution in [-0.2, 0) is 11.2 Å². The number of nitrogens with zero attached hydrogens (tertiary/aromatic N) is 3. The van der Waals surface area contributed by atoms with Crippen molar-refractivity contribution in [3.05, 3.63) is 59.3 Å². The number of hydrogen-bond acceptors (Lipinski definition) is 8. The Hall–Kier alpha value is -4.23. The van der Waals surface area contributed by atoms with Gasteiger partial charge in [0.25, 0.3) is 0 Å². The van der Waals surface area contributed by atoms with Crippen LogP contribution in [0.5, 0.6) is 11.5 Å². The maximum Gasteiger partial charge on any atom is 0.223 e. The number of rotatable bonds is 12. The van der Waals surface area contributed by atoms with E-state index < -0.39 is 23.6 Å². The third-order valence-electron chi connectivity index (χ3n) is 5.78. The SMILES string of the molecule is COc1cc2c(cc1OCCCNC[C@H](C)O)NCN(c1cc(F)cc(F)c1)C2=Nc1cc(CC(N)=O)[nH]n1. The molecule has 4 rings (SSSR count). The molecule has 0 fully saturated rings. The number of carbonyl (C=O) groups excluding carboxylic acids is 1. The molecule has 208 valence electrons. The highest BCUT2D eigenvalue weighted by molar-refractivity contribution is 6.16. The van der Waals surface area contributed by atoms with Crippen LogP contribution in [0.3, 0.4) is 0 Å². The summed E-state index contributed by atoms with van der Waals surface area (Å²) >= 11 is 0. The van der Waals surface area contributed by atoms with Crippen LogP contribution in [0.1, 0.15) is 24.6 Å². The highest BCUT2D eigenvalue weighted by Gasteiger charge is 2.27. The fourth-order valence-corrected chi connectivity index (χ4v) is 4.06. The number of methoxy groups -OCH3 is 1. The van der Waals surface area contributed by atoms with Crippen molar-refractivity contribution < 1.29 is 28.2 Å². The van der Waals surface area contributed by atoms with Crippen LogP contribution < -0.4 is 30.7 Å². The van der Waals surface area contributed by atoms with E-state index in [1.54, 1.807) is 30.0 Å². The number of aromatic amines is 1. The van der Waals surface area contributed by atoms with Gasteiger partial charge in [-0.3, -0.25) is 9.89 Å². The van der Waals surface area contributed by atoms with E-state index in [-0.39, 0.29) is 24.6 Å². The highest BCUT2D eigenvalue weighted by Crippen LogP contribution is 2.38. The van der Waals surface area contributed by atoms with Crippen LogP contribution in [0.2, 0.25) is 0 Å². The molecule has 0 unspecified atom stereocenters. The second kappa shape index (κ2) is 12.5. The second-order valence-corrected chi connectivity index (χ2v) is 9.02. The number of hydrogen-bond donors (Lipinski definition) is 5. The molecule has 0 spiro atoms. The summed E-state index contributed by atoms with van der Waals surface area (Å²) in [6.07, 6.45) is 0.240. The zero-order valence-electron chi connectivity index (χ0n) is 21.6. The van der Waals surface area contributed by atoms with Gasteiger partial charge in [0.2, 0.25) is 5.91 Å². The van der Waals surface area contributed by atoms with Gasteiger partial charge in [-0.05, 0) is 38.1 Å². The minimum Gasteiger partial charge on any atom is -0.493 e. The first kappa shape index (κ1) is 27.8. The van der Waals surface area contributed by atoms with Crippen LogP contribution in [0.25, 0.3) is 0 Å². The van der Waals surface area contributed by atoms with Crippen molar-refractivity contribution in [1.82, 2.24) is 15.5 Å². The van der Waals surface area contributed by atoms with Gasteiger partial charge in [0.15, 0.2) is 17.3 Å². The summed E-state index contributed by atoms with van der Waals surface area (Å²) in [7, 11) is 1.51. The van der Waals surface area contributed by atoms with Crippen LogP contribution in [0, 0.1) is 11.6 Å². The lowest BCUT2D eigenvalue weighted by Crippen LogP contribution is -2.40. The van der Waals surface area contributed by atoms with E-state index >= 15 is 0 Å². The summed E-state index contributed by atoms with van der Waals surface area (Å²) in [5, 5.41) is 22.6. The second-order valence-electron chi connectivity index (χ2n) is 9.02. The third-order valence-corrected chi connectivity index (χ3v) is 5.78. The normalized spacial score (nSPS) is 14.6. The predicted octanol–water partition coefficient (Wildman–Crippen LogP) is 2.43. The van der Waals surface area contributed by atoms with Gasteiger partial charge in [0.05, 0.1) is 44.3 Å². The molecule has 2 aromatic carbocycles. The van der Waals surface area contributed by atoms with Crippen molar-refractivity contribution in [2.75, 3.05) is 43.7 Å². The minimum absolute atomic E-state index is 0.0438. The molecule has 3 aromatic rings. The number of halogens is 2. The molecule has 1 amide bonds. The molecule has 1 aliphatic heterocycles. The van der Waals surface area contributed by atoms with Gasteiger partial charge < -0.3 is 35.8 Å². The molecule has 0 aliphatic carbocycles. The van der Waals surface area contributed by atoms with Gasteiger partial charge >= 0.3 is 0 Å². The molecule has 1 aliphatic rings. The molecule has 1 aromatic heterocycles. The first-order valence-corrected chi connectivity index (χ1v) is 12.4. The van der Waals surface area contributed by atoms with Crippen molar-refractivity contribution >= 4 is 28.9 Å².